The molecule has 0 spiro atoms. The van der Waals surface area contributed by atoms with Gasteiger partial charge in [-0.1, -0.05) is 15.9 Å². The van der Waals surface area contributed by atoms with Crippen LogP contribution in [0.3, 0.4) is 0 Å². The SMILES string of the molecule is CSc1ccc(C(=O)N2C3CCC2CC(Br)C3)cc1. The summed E-state index contributed by atoms with van der Waals surface area (Å²) in [5.74, 6) is 0.222. The minimum atomic E-state index is 0.222. The average Bonchev–Trinajstić information content (AvgIpc) is 2.70. The minimum Gasteiger partial charge on any atom is -0.333 e. The standard InChI is InChI=1S/C15H18BrNOS/c1-19-14-6-2-10(3-7-14)15(18)17-12-4-5-13(17)9-11(16)8-12/h2-3,6-7,11-13H,4-5,8-9H2,1H3. The Bertz CT molecular complexity index is 462. The van der Waals surface area contributed by atoms with E-state index in [0.29, 0.717) is 16.9 Å². The van der Waals surface area contributed by atoms with Crippen LogP contribution in [0, 0.1) is 0 Å². The number of rotatable bonds is 2. The Labute approximate surface area is 127 Å². The van der Waals surface area contributed by atoms with Gasteiger partial charge in [-0.15, -0.1) is 11.8 Å². The van der Waals surface area contributed by atoms with Crippen molar-refractivity contribution in [2.45, 2.75) is 47.5 Å². The van der Waals surface area contributed by atoms with E-state index >= 15 is 0 Å². The van der Waals surface area contributed by atoms with E-state index in [4.69, 9.17) is 0 Å². The Kier molecular flexibility index (Phi) is 3.90. The van der Waals surface area contributed by atoms with Crippen LogP contribution < -0.4 is 0 Å². The fraction of sp³-hybridized carbons (Fsp3) is 0.533. The molecule has 2 unspecified atom stereocenters. The van der Waals surface area contributed by atoms with Crippen molar-refractivity contribution in [3.05, 3.63) is 29.8 Å². The third-order valence-corrected chi connectivity index (χ3v) is 5.74. The highest BCUT2D eigenvalue weighted by atomic mass is 79.9. The van der Waals surface area contributed by atoms with E-state index in [1.54, 1.807) is 11.8 Å². The zero-order valence-corrected chi connectivity index (χ0v) is 13.4. The van der Waals surface area contributed by atoms with E-state index in [1.165, 1.54) is 17.7 Å². The molecule has 2 saturated heterocycles. The summed E-state index contributed by atoms with van der Waals surface area (Å²) in [7, 11) is 0. The van der Waals surface area contributed by atoms with Crippen LogP contribution in [0.1, 0.15) is 36.0 Å². The predicted molar refractivity (Wildman–Crippen MR) is 83.2 cm³/mol. The van der Waals surface area contributed by atoms with E-state index in [-0.39, 0.29) is 5.91 Å². The number of thioether (sulfide) groups is 1. The van der Waals surface area contributed by atoms with E-state index in [0.717, 1.165) is 18.4 Å². The first-order valence-corrected chi connectivity index (χ1v) is 8.94. The van der Waals surface area contributed by atoms with Gasteiger partial charge in [0.15, 0.2) is 0 Å². The topological polar surface area (TPSA) is 20.3 Å². The molecule has 0 radical (unpaired) electrons. The lowest BCUT2D eigenvalue weighted by molar-refractivity contribution is 0.0603. The second-order valence-corrected chi connectivity index (χ2v) is 7.57. The molecule has 2 fully saturated rings. The lowest BCUT2D eigenvalue weighted by atomic mass is 10.0. The quantitative estimate of drug-likeness (QED) is 0.600. The zero-order valence-electron chi connectivity index (χ0n) is 11.0. The zero-order chi connectivity index (χ0) is 13.4. The lowest BCUT2D eigenvalue weighted by Crippen LogP contribution is -2.46. The first-order valence-electron chi connectivity index (χ1n) is 6.80. The van der Waals surface area contributed by atoms with Crippen LogP contribution >= 0.6 is 27.7 Å². The molecule has 2 atom stereocenters. The highest BCUT2D eigenvalue weighted by Crippen LogP contribution is 2.39. The number of hydrogen-bond acceptors (Lipinski definition) is 2. The Morgan fingerprint density at radius 1 is 1.21 bits per heavy atom. The summed E-state index contributed by atoms with van der Waals surface area (Å²) < 4.78 is 0. The van der Waals surface area contributed by atoms with E-state index < -0.39 is 0 Å². The molecule has 3 rings (SSSR count). The Hall–Kier alpha value is -0.480. The molecule has 0 saturated carbocycles. The predicted octanol–water partition coefficient (Wildman–Crippen LogP) is 3.94. The average molecular weight is 340 g/mol. The van der Waals surface area contributed by atoms with Crippen molar-refractivity contribution in [2.75, 3.05) is 6.26 Å². The number of piperidine rings is 1. The third kappa shape index (κ3) is 2.57. The first kappa shape index (κ1) is 13.5. The van der Waals surface area contributed by atoms with Crippen LogP contribution in [-0.4, -0.2) is 34.0 Å². The number of carbonyl (C=O) groups excluding carboxylic acids is 1. The van der Waals surface area contributed by atoms with Crippen molar-refractivity contribution in [1.82, 2.24) is 4.90 Å². The molecule has 1 amide bonds. The number of benzene rings is 1. The molecule has 2 aliphatic heterocycles. The number of carbonyl (C=O) groups is 1. The molecule has 1 aromatic rings. The number of hydrogen-bond donors (Lipinski definition) is 0. The lowest BCUT2D eigenvalue weighted by Gasteiger charge is -2.37. The largest absolute Gasteiger partial charge is 0.333 e. The molecule has 0 aromatic heterocycles. The highest BCUT2D eigenvalue weighted by Gasteiger charge is 2.42. The third-order valence-electron chi connectivity index (χ3n) is 4.25. The molecular formula is C15H18BrNOS. The summed E-state index contributed by atoms with van der Waals surface area (Å²) >= 11 is 5.43. The normalized spacial score (nSPS) is 29.6. The molecule has 2 nitrogen and oxygen atoms in total. The summed E-state index contributed by atoms with van der Waals surface area (Å²) in [5, 5.41) is 0. The van der Waals surface area contributed by atoms with E-state index in [9.17, 15) is 4.79 Å². The van der Waals surface area contributed by atoms with Crippen LogP contribution in [0.25, 0.3) is 0 Å². The van der Waals surface area contributed by atoms with Crippen LogP contribution in [0.5, 0.6) is 0 Å². The van der Waals surface area contributed by atoms with E-state index in [1.807, 2.05) is 24.3 Å². The fourth-order valence-corrected chi connectivity index (χ4v) is 4.60. The molecule has 4 heteroatoms. The maximum absolute atomic E-state index is 12.7. The summed E-state index contributed by atoms with van der Waals surface area (Å²) in [4.78, 5) is 16.6. The van der Waals surface area contributed by atoms with Crippen LogP contribution in [-0.2, 0) is 0 Å². The fourth-order valence-electron chi connectivity index (χ4n) is 3.32. The Balaban J connectivity index is 1.80. The molecule has 1 aromatic carbocycles. The Morgan fingerprint density at radius 2 is 1.79 bits per heavy atom. The van der Waals surface area contributed by atoms with Gasteiger partial charge in [0.1, 0.15) is 0 Å². The first-order chi connectivity index (χ1) is 9.19. The second kappa shape index (κ2) is 5.49. The van der Waals surface area contributed by atoms with Gasteiger partial charge in [0.25, 0.3) is 5.91 Å². The van der Waals surface area contributed by atoms with Crippen LogP contribution in [0.15, 0.2) is 29.2 Å². The van der Waals surface area contributed by atoms with Crippen molar-refractivity contribution in [3.63, 3.8) is 0 Å². The second-order valence-electron chi connectivity index (χ2n) is 5.39. The van der Waals surface area contributed by atoms with Gasteiger partial charge in [-0.2, -0.15) is 0 Å². The van der Waals surface area contributed by atoms with Crippen molar-refractivity contribution in [1.29, 1.82) is 0 Å². The van der Waals surface area contributed by atoms with Crippen molar-refractivity contribution in [3.8, 4) is 0 Å². The molecule has 0 aliphatic carbocycles. The van der Waals surface area contributed by atoms with Gasteiger partial charge in [-0.05, 0) is 56.2 Å². The smallest absolute Gasteiger partial charge is 0.254 e. The summed E-state index contributed by atoms with van der Waals surface area (Å²) in [6.45, 7) is 0. The molecule has 2 heterocycles. The summed E-state index contributed by atoms with van der Waals surface area (Å²) in [6.07, 6.45) is 6.59. The molecule has 2 aliphatic rings. The Morgan fingerprint density at radius 3 is 2.32 bits per heavy atom. The van der Waals surface area contributed by atoms with Crippen LogP contribution in [0.4, 0.5) is 0 Å². The number of nitrogens with zero attached hydrogens (tertiary/aromatic N) is 1. The van der Waals surface area contributed by atoms with Crippen molar-refractivity contribution >= 4 is 33.6 Å². The van der Waals surface area contributed by atoms with Crippen molar-refractivity contribution in [2.24, 2.45) is 0 Å². The highest BCUT2D eigenvalue weighted by molar-refractivity contribution is 9.09. The number of alkyl halides is 1. The van der Waals surface area contributed by atoms with E-state index in [2.05, 4.69) is 27.1 Å². The van der Waals surface area contributed by atoms with Gasteiger partial charge >= 0.3 is 0 Å². The van der Waals surface area contributed by atoms with Gasteiger partial charge in [0.2, 0.25) is 0 Å². The van der Waals surface area contributed by atoms with Gasteiger partial charge in [0.05, 0.1) is 0 Å². The summed E-state index contributed by atoms with van der Waals surface area (Å²) in [6, 6.07) is 8.89. The van der Waals surface area contributed by atoms with Gasteiger partial charge < -0.3 is 4.90 Å². The maximum Gasteiger partial charge on any atom is 0.254 e. The number of fused-ring (bicyclic) bond motifs is 2. The van der Waals surface area contributed by atoms with Gasteiger partial charge in [-0.3, -0.25) is 4.79 Å². The summed E-state index contributed by atoms with van der Waals surface area (Å²) in [5.41, 5.74) is 0.836. The van der Waals surface area contributed by atoms with Crippen LogP contribution in [0.2, 0.25) is 0 Å². The number of amides is 1. The molecule has 2 bridgehead atoms. The minimum absolute atomic E-state index is 0.222. The monoisotopic (exact) mass is 339 g/mol. The molecule has 102 valence electrons. The number of halogens is 1. The van der Waals surface area contributed by atoms with Gasteiger partial charge in [-0.25, -0.2) is 0 Å². The van der Waals surface area contributed by atoms with Crippen molar-refractivity contribution < 1.29 is 4.79 Å². The molecule has 0 N–H and O–H groups in total. The molecular weight excluding hydrogens is 322 g/mol. The maximum atomic E-state index is 12.7. The molecule has 19 heavy (non-hydrogen) atoms. The van der Waals surface area contributed by atoms with Gasteiger partial charge in [0, 0.05) is 27.4 Å².